The van der Waals surface area contributed by atoms with Crippen molar-refractivity contribution in [1.29, 1.82) is 0 Å². The SMILES string of the molecule is CCc1c(C)nc(C)c(Br)c1N1CCC2(CCC2)CC1. The van der Waals surface area contributed by atoms with Gasteiger partial charge in [-0.25, -0.2) is 0 Å². The molecule has 1 aromatic heterocycles. The lowest BCUT2D eigenvalue weighted by Crippen LogP contribution is -2.44. The topological polar surface area (TPSA) is 16.1 Å². The van der Waals surface area contributed by atoms with Gasteiger partial charge in [-0.2, -0.15) is 0 Å². The zero-order chi connectivity index (χ0) is 14.3. The Labute approximate surface area is 131 Å². The summed E-state index contributed by atoms with van der Waals surface area (Å²) in [6, 6.07) is 0. The lowest BCUT2D eigenvalue weighted by molar-refractivity contribution is 0.0954. The number of aromatic nitrogens is 1. The Balaban J connectivity index is 1.90. The van der Waals surface area contributed by atoms with Gasteiger partial charge in [0.25, 0.3) is 0 Å². The lowest BCUT2D eigenvalue weighted by atomic mass is 9.63. The molecule has 0 radical (unpaired) electrons. The molecule has 2 aliphatic rings. The highest BCUT2D eigenvalue weighted by Gasteiger charge is 2.40. The highest BCUT2D eigenvalue weighted by molar-refractivity contribution is 9.10. The predicted molar refractivity (Wildman–Crippen MR) is 88.5 cm³/mol. The van der Waals surface area contributed by atoms with Crippen LogP contribution < -0.4 is 4.90 Å². The molecule has 0 atom stereocenters. The Hall–Kier alpha value is -0.570. The molecule has 0 unspecified atom stereocenters. The molecule has 1 aromatic rings. The van der Waals surface area contributed by atoms with Crippen LogP contribution in [0.15, 0.2) is 4.47 Å². The van der Waals surface area contributed by atoms with Crippen molar-refractivity contribution in [3.05, 3.63) is 21.4 Å². The zero-order valence-corrected chi connectivity index (χ0v) is 14.5. The average molecular weight is 337 g/mol. The van der Waals surface area contributed by atoms with Gasteiger partial charge < -0.3 is 4.90 Å². The summed E-state index contributed by atoms with van der Waals surface area (Å²) in [5, 5.41) is 0. The number of halogens is 1. The molecule has 3 heteroatoms. The molecular formula is C17H25BrN2. The third kappa shape index (κ3) is 2.28. The van der Waals surface area contributed by atoms with E-state index in [-0.39, 0.29) is 0 Å². The molecule has 1 saturated heterocycles. The second-order valence-electron chi connectivity index (χ2n) is 6.62. The quantitative estimate of drug-likeness (QED) is 0.771. The van der Waals surface area contributed by atoms with Gasteiger partial charge in [0, 0.05) is 18.8 Å². The predicted octanol–water partition coefficient (Wildman–Crippen LogP) is 4.79. The third-order valence-corrected chi connectivity index (χ3v) is 6.44. The van der Waals surface area contributed by atoms with Crippen molar-refractivity contribution in [2.75, 3.05) is 18.0 Å². The van der Waals surface area contributed by atoms with Crippen LogP contribution in [-0.2, 0) is 6.42 Å². The molecule has 0 bridgehead atoms. The first-order valence-corrected chi connectivity index (χ1v) is 8.76. The Morgan fingerprint density at radius 2 is 1.75 bits per heavy atom. The van der Waals surface area contributed by atoms with Crippen molar-refractivity contribution in [1.82, 2.24) is 4.98 Å². The Bertz CT molecular complexity index is 510. The van der Waals surface area contributed by atoms with E-state index in [0.29, 0.717) is 5.41 Å². The smallest absolute Gasteiger partial charge is 0.0624 e. The van der Waals surface area contributed by atoms with E-state index in [0.717, 1.165) is 12.1 Å². The first-order chi connectivity index (χ1) is 9.56. The van der Waals surface area contributed by atoms with Crippen molar-refractivity contribution in [3.8, 4) is 0 Å². The molecule has 20 heavy (non-hydrogen) atoms. The van der Waals surface area contributed by atoms with Crippen molar-refractivity contribution in [2.45, 2.75) is 59.3 Å². The molecule has 2 nitrogen and oxygen atoms in total. The number of piperidine rings is 1. The first kappa shape index (κ1) is 14.4. The number of hydrogen-bond acceptors (Lipinski definition) is 2. The van der Waals surface area contributed by atoms with Crippen molar-refractivity contribution in [3.63, 3.8) is 0 Å². The number of pyridine rings is 1. The molecule has 1 saturated carbocycles. The summed E-state index contributed by atoms with van der Waals surface area (Å²) in [7, 11) is 0. The van der Waals surface area contributed by atoms with Crippen LogP contribution in [0.25, 0.3) is 0 Å². The van der Waals surface area contributed by atoms with Gasteiger partial charge in [0.05, 0.1) is 15.9 Å². The van der Waals surface area contributed by atoms with Crippen LogP contribution in [0.4, 0.5) is 5.69 Å². The molecule has 1 spiro atoms. The van der Waals surface area contributed by atoms with E-state index in [1.165, 1.54) is 66.6 Å². The molecule has 0 N–H and O–H groups in total. The van der Waals surface area contributed by atoms with Gasteiger partial charge in [0.2, 0.25) is 0 Å². The minimum atomic E-state index is 0.715. The van der Waals surface area contributed by atoms with Gasteiger partial charge in [-0.3, -0.25) is 4.98 Å². The highest BCUT2D eigenvalue weighted by atomic mass is 79.9. The fraction of sp³-hybridized carbons (Fsp3) is 0.706. The summed E-state index contributed by atoms with van der Waals surface area (Å²) in [6.45, 7) is 8.94. The number of aryl methyl sites for hydroxylation is 2. The maximum absolute atomic E-state index is 4.68. The van der Waals surface area contributed by atoms with E-state index in [9.17, 15) is 0 Å². The number of rotatable bonds is 2. The van der Waals surface area contributed by atoms with Crippen molar-refractivity contribution in [2.24, 2.45) is 5.41 Å². The van der Waals surface area contributed by atoms with Gasteiger partial charge in [-0.05, 0) is 72.9 Å². The highest BCUT2D eigenvalue weighted by Crippen LogP contribution is 2.50. The summed E-state index contributed by atoms with van der Waals surface area (Å²) in [6.07, 6.45) is 8.21. The van der Waals surface area contributed by atoms with E-state index in [4.69, 9.17) is 0 Å². The van der Waals surface area contributed by atoms with Crippen molar-refractivity contribution < 1.29 is 0 Å². The van der Waals surface area contributed by atoms with Crippen LogP contribution in [0.1, 0.15) is 56.0 Å². The molecule has 2 heterocycles. The molecular weight excluding hydrogens is 312 g/mol. The van der Waals surface area contributed by atoms with Gasteiger partial charge in [-0.1, -0.05) is 13.3 Å². The fourth-order valence-corrected chi connectivity index (χ4v) is 4.56. The Morgan fingerprint density at radius 3 is 2.25 bits per heavy atom. The maximum atomic E-state index is 4.68. The zero-order valence-electron chi connectivity index (χ0n) is 12.9. The molecule has 1 aliphatic carbocycles. The Kier molecular flexibility index (Phi) is 3.83. The maximum Gasteiger partial charge on any atom is 0.0624 e. The normalized spacial score (nSPS) is 21.1. The van der Waals surface area contributed by atoms with E-state index >= 15 is 0 Å². The summed E-state index contributed by atoms with van der Waals surface area (Å²) in [5.74, 6) is 0. The standard InChI is InChI=1S/C17H25BrN2/c1-4-14-12(2)19-13(3)15(18)16(14)20-10-8-17(9-11-20)6-5-7-17/h4-11H2,1-3H3. The van der Waals surface area contributed by atoms with Crippen molar-refractivity contribution >= 4 is 21.6 Å². The largest absolute Gasteiger partial charge is 0.370 e. The van der Waals surface area contributed by atoms with E-state index < -0.39 is 0 Å². The molecule has 0 aromatic carbocycles. The van der Waals surface area contributed by atoms with Crippen LogP contribution in [0.3, 0.4) is 0 Å². The second kappa shape index (κ2) is 5.32. The third-order valence-electron chi connectivity index (χ3n) is 5.49. The summed E-state index contributed by atoms with van der Waals surface area (Å²) >= 11 is 3.80. The Morgan fingerprint density at radius 1 is 1.10 bits per heavy atom. The van der Waals surface area contributed by atoms with E-state index in [1.54, 1.807) is 0 Å². The first-order valence-electron chi connectivity index (χ1n) is 7.97. The molecule has 0 amide bonds. The van der Waals surface area contributed by atoms with Gasteiger partial charge >= 0.3 is 0 Å². The molecule has 3 rings (SSSR count). The van der Waals surface area contributed by atoms with Gasteiger partial charge in [0.15, 0.2) is 0 Å². The second-order valence-corrected chi connectivity index (χ2v) is 7.41. The summed E-state index contributed by atoms with van der Waals surface area (Å²) in [4.78, 5) is 7.29. The van der Waals surface area contributed by atoms with Gasteiger partial charge in [0.1, 0.15) is 0 Å². The van der Waals surface area contributed by atoms with Crippen LogP contribution in [0.5, 0.6) is 0 Å². The van der Waals surface area contributed by atoms with Crippen LogP contribution in [-0.4, -0.2) is 18.1 Å². The monoisotopic (exact) mass is 336 g/mol. The van der Waals surface area contributed by atoms with Crippen LogP contribution in [0.2, 0.25) is 0 Å². The lowest BCUT2D eigenvalue weighted by Gasteiger charge is -2.49. The number of nitrogens with zero attached hydrogens (tertiary/aromatic N) is 2. The number of hydrogen-bond donors (Lipinski definition) is 0. The molecule has 1 aliphatic heterocycles. The average Bonchev–Trinajstić information content (AvgIpc) is 2.41. The fourth-order valence-electron chi connectivity index (χ4n) is 3.98. The number of anilines is 1. The molecule has 2 fully saturated rings. The summed E-state index contributed by atoms with van der Waals surface area (Å²) in [5.41, 5.74) is 5.89. The van der Waals surface area contributed by atoms with Gasteiger partial charge in [-0.15, -0.1) is 0 Å². The molecule has 110 valence electrons. The summed E-state index contributed by atoms with van der Waals surface area (Å²) < 4.78 is 1.21. The minimum Gasteiger partial charge on any atom is -0.370 e. The van der Waals surface area contributed by atoms with E-state index in [1.807, 2.05) is 0 Å². The minimum absolute atomic E-state index is 0.715. The van der Waals surface area contributed by atoms with Crippen LogP contribution >= 0.6 is 15.9 Å². The van der Waals surface area contributed by atoms with Crippen LogP contribution in [0, 0.1) is 19.3 Å². The van der Waals surface area contributed by atoms with E-state index in [2.05, 4.69) is 46.6 Å².